The molecule has 1 fully saturated rings. The third-order valence-electron chi connectivity index (χ3n) is 2.62. The molecule has 3 heteroatoms. The summed E-state index contributed by atoms with van der Waals surface area (Å²) in [5.74, 6) is 0. The van der Waals surface area contributed by atoms with Crippen molar-refractivity contribution in [2.45, 2.75) is 24.9 Å². The first-order chi connectivity index (χ1) is 6.90. The molecule has 2 rings (SSSR count). The minimum Gasteiger partial charge on any atom is -0.312 e. The zero-order valence-corrected chi connectivity index (χ0v) is 8.53. The summed E-state index contributed by atoms with van der Waals surface area (Å²) >= 11 is 0. The summed E-state index contributed by atoms with van der Waals surface area (Å²) in [5, 5.41) is 6.81. The van der Waals surface area contributed by atoms with Crippen molar-refractivity contribution in [3.05, 3.63) is 30.1 Å². The van der Waals surface area contributed by atoms with Gasteiger partial charge in [0, 0.05) is 31.0 Å². The molecule has 1 aliphatic carbocycles. The molecule has 0 bridgehead atoms. The van der Waals surface area contributed by atoms with Gasteiger partial charge in [0.05, 0.1) is 0 Å². The standard InChI is InChI=1S/C11H17N3/c1-12-11(8-14-10-4-5-10)9-3-2-6-13-7-9/h2-3,6-7,10-12,14H,4-5,8H2,1H3. The minimum atomic E-state index is 0.379. The van der Waals surface area contributed by atoms with Gasteiger partial charge in [0.15, 0.2) is 0 Å². The average molecular weight is 191 g/mol. The molecule has 1 atom stereocenters. The quantitative estimate of drug-likeness (QED) is 0.731. The molecule has 2 N–H and O–H groups in total. The van der Waals surface area contributed by atoms with E-state index in [1.807, 2.05) is 25.5 Å². The molecule has 0 aliphatic heterocycles. The van der Waals surface area contributed by atoms with Gasteiger partial charge in [-0.1, -0.05) is 6.07 Å². The molecule has 0 spiro atoms. The van der Waals surface area contributed by atoms with Gasteiger partial charge in [-0.05, 0) is 31.5 Å². The molecular weight excluding hydrogens is 174 g/mol. The van der Waals surface area contributed by atoms with Crippen molar-refractivity contribution < 1.29 is 0 Å². The lowest BCUT2D eigenvalue weighted by atomic mass is 10.1. The number of rotatable bonds is 5. The molecule has 0 aromatic carbocycles. The van der Waals surface area contributed by atoms with Gasteiger partial charge in [-0.3, -0.25) is 4.98 Å². The van der Waals surface area contributed by atoms with Gasteiger partial charge in [0.25, 0.3) is 0 Å². The Morgan fingerprint density at radius 1 is 1.57 bits per heavy atom. The number of hydrogen-bond donors (Lipinski definition) is 2. The van der Waals surface area contributed by atoms with E-state index in [0.717, 1.165) is 12.6 Å². The van der Waals surface area contributed by atoms with Crippen molar-refractivity contribution in [2.24, 2.45) is 0 Å². The molecule has 14 heavy (non-hydrogen) atoms. The monoisotopic (exact) mass is 191 g/mol. The predicted molar refractivity (Wildman–Crippen MR) is 57.1 cm³/mol. The van der Waals surface area contributed by atoms with Crippen molar-refractivity contribution >= 4 is 0 Å². The Morgan fingerprint density at radius 3 is 3.00 bits per heavy atom. The van der Waals surface area contributed by atoms with E-state index >= 15 is 0 Å². The van der Waals surface area contributed by atoms with E-state index in [9.17, 15) is 0 Å². The third kappa shape index (κ3) is 2.53. The second-order valence-electron chi connectivity index (χ2n) is 3.81. The molecular formula is C11H17N3. The van der Waals surface area contributed by atoms with Crippen LogP contribution in [-0.2, 0) is 0 Å². The first kappa shape index (κ1) is 9.62. The van der Waals surface area contributed by atoms with E-state index in [1.165, 1.54) is 18.4 Å². The summed E-state index contributed by atoms with van der Waals surface area (Å²) in [6.07, 6.45) is 6.41. The summed E-state index contributed by atoms with van der Waals surface area (Å²) < 4.78 is 0. The van der Waals surface area contributed by atoms with Crippen LogP contribution < -0.4 is 10.6 Å². The van der Waals surface area contributed by atoms with Crippen LogP contribution in [0.1, 0.15) is 24.4 Å². The topological polar surface area (TPSA) is 37.0 Å². The molecule has 1 saturated carbocycles. The fourth-order valence-corrected chi connectivity index (χ4v) is 1.54. The van der Waals surface area contributed by atoms with Gasteiger partial charge >= 0.3 is 0 Å². The van der Waals surface area contributed by atoms with Gasteiger partial charge in [0.1, 0.15) is 0 Å². The van der Waals surface area contributed by atoms with E-state index < -0.39 is 0 Å². The molecule has 1 aromatic heterocycles. The second-order valence-corrected chi connectivity index (χ2v) is 3.81. The van der Waals surface area contributed by atoms with Crippen molar-refractivity contribution in [3.63, 3.8) is 0 Å². The third-order valence-corrected chi connectivity index (χ3v) is 2.62. The van der Waals surface area contributed by atoms with Crippen molar-refractivity contribution in [2.75, 3.05) is 13.6 Å². The van der Waals surface area contributed by atoms with E-state index in [0.29, 0.717) is 6.04 Å². The molecule has 1 aliphatic rings. The molecule has 3 nitrogen and oxygen atoms in total. The maximum absolute atomic E-state index is 4.13. The van der Waals surface area contributed by atoms with E-state index in [2.05, 4.69) is 21.7 Å². The normalized spacial score (nSPS) is 18.1. The van der Waals surface area contributed by atoms with Crippen LogP contribution in [0.4, 0.5) is 0 Å². The molecule has 1 aromatic rings. The van der Waals surface area contributed by atoms with E-state index in [4.69, 9.17) is 0 Å². The van der Waals surface area contributed by atoms with Crippen LogP contribution in [0.25, 0.3) is 0 Å². The lowest BCUT2D eigenvalue weighted by molar-refractivity contribution is 0.525. The van der Waals surface area contributed by atoms with Crippen LogP contribution in [0.3, 0.4) is 0 Å². The summed E-state index contributed by atoms with van der Waals surface area (Å²) in [7, 11) is 1.99. The van der Waals surface area contributed by atoms with Gasteiger partial charge in [-0.2, -0.15) is 0 Å². The summed E-state index contributed by atoms with van der Waals surface area (Å²) in [6.45, 7) is 0.993. The molecule has 1 heterocycles. The summed E-state index contributed by atoms with van der Waals surface area (Å²) in [6, 6.07) is 5.24. The average Bonchev–Trinajstić information content (AvgIpc) is 3.04. The lowest BCUT2D eigenvalue weighted by Gasteiger charge is -2.16. The Hall–Kier alpha value is -0.930. The maximum Gasteiger partial charge on any atom is 0.0459 e. The first-order valence-corrected chi connectivity index (χ1v) is 5.20. The summed E-state index contributed by atoms with van der Waals surface area (Å²) in [4.78, 5) is 4.13. The number of nitrogens with one attached hydrogen (secondary N) is 2. The van der Waals surface area contributed by atoms with Gasteiger partial charge in [0.2, 0.25) is 0 Å². The largest absolute Gasteiger partial charge is 0.312 e. The van der Waals surface area contributed by atoms with Crippen molar-refractivity contribution in [1.29, 1.82) is 0 Å². The highest BCUT2D eigenvalue weighted by Gasteiger charge is 2.21. The Bertz CT molecular complexity index is 269. The zero-order chi connectivity index (χ0) is 9.80. The molecule has 1 unspecified atom stereocenters. The van der Waals surface area contributed by atoms with Crippen LogP contribution in [-0.4, -0.2) is 24.6 Å². The second kappa shape index (κ2) is 4.53. The van der Waals surface area contributed by atoms with Crippen molar-refractivity contribution in [3.8, 4) is 0 Å². The van der Waals surface area contributed by atoms with E-state index in [1.54, 1.807) is 0 Å². The Morgan fingerprint density at radius 2 is 2.43 bits per heavy atom. The van der Waals surface area contributed by atoms with Crippen LogP contribution in [0.5, 0.6) is 0 Å². The summed E-state index contributed by atoms with van der Waals surface area (Å²) in [5.41, 5.74) is 1.25. The highest BCUT2D eigenvalue weighted by Crippen LogP contribution is 2.19. The Labute approximate surface area is 84.9 Å². The van der Waals surface area contributed by atoms with Crippen LogP contribution in [0.2, 0.25) is 0 Å². The minimum absolute atomic E-state index is 0.379. The highest BCUT2D eigenvalue weighted by molar-refractivity contribution is 5.14. The van der Waals surface area contributed by atoms with Crippen LogP contribution in [0.15, 0.2) is 24.5 Å². The lowest BCUT2D eigenvalue weighted by Crippen LogP contribution is -2.30. The Balaban J connectivity index is 1.90. The first-order valence-electron chi connectivity index (χ1n) is 5.20. The van der Waals surface area contributed by atoms with E-state index in [-0.39, 0.29) is 0 Å². The van der Waals surface area contributed by atoms with Crippen molar-refractivity contribution in [1.82, 2.24) is 15.6 Å². The maximum atomic E-state index is 4.13. The van der Waals surface area contributed by atoms with Gasteiger partial charge in [-0.25, -0.2) is 0 Å². The fourth-order valence-electron chi connectivity index (χ4n) is 1.54. The van der Waals surface area contributed by atoms with Crippen LogP contribution >= 0.6 is 0 Å². The predicted octanol–water partition coefficient (Wildman–Crippen LogP) is 1.09. The fraction of sp³-hybridized carbons (Fsp3) is 0.545. The Kier molecular flexibility index (Phi) is 3.11. The van der Waals surface area contributed by atoms with Crippen LogP contribution in [0, 0.1) is 0 Å². The molecule has 0 saturated heterocycles. The number of likely N-dealkylation sites (N-methyl/N-ethyl adjacent to an activating group) is 1. The number of hydrogen-bond acceptors (Lipinski definition) is 3. The highest BCUT2D eigenvalue weighted by atomic mass is 15.0. The van der Waals surface area contributed by atoms with Gasteiger partial charge < -0.3 is 10.6 Å². The SMILES string of the molecule is CNC(CNC1CC1)c1cccnc1. The molecule has 0 amide bonds. The smallest absolute Gasteiger partial charge is 0.0459 e. The number of nitrogens with zero attached hydrogens (tertiary/aromatic N) is 1. The number of pyridine rings is 1. The van der Waals surface area contributed by atoms with Gasteiger partial charge in [-0.15, -0.1) is 0 Å². The molecule has 76 valence electrons. The number of aromatic nitrogens is 1. The zero-order valence-electron chi connectivity index (χ0n) is 8.53. The molecule has 0 radical (unpaired) electrons.